The molecule has 0 radical (unpaired) electrons. The first kappa shape index (κ1) is 8.30. The maximum atomic E-state index is 5.79. The molecule has 3 rings (SSSR count). The minimum absolute atomic E-state index is 0.347. The van der Waals surface area contributed by atoms with Crippen LogP contribution in [0.2, 0.25) is 0 Å². The average molecular weight is 190 g/mol. The highest BCUT2D eigenvalue weighted by atomic mass is 16.5. The van der Waals surface area contributed by atoms with E-state index in [9.17, 15) is 0 Å². The summed E-state index contributed by atoms with van der Waals surface area (Å²) in [6, 6.07) is 6.26. The number of ether oxygens (including phenoxy) is 2. The van der Waals surface area contributed by atoms with Crippen molar-refractivity contribution in [2.45, 2.75) is 25.6 Å². The average Bonchev–Trinajstić information content (AvgIpc) is 2.98. The topological polar surface area (TPSA) is 18.5 Å². The monoisotopic (exact) mass is 190 g/mol. The van der Waals surface area contributed by atoms with E-state index < -0.39 is 0 Å². The molecule has 1 fully saturated rings. The van der Waals surface area contributed by atoms with Gasteiger partial charge < -0.3 is 9.47 Å². The molecule has 1 atom stereocenters. The van der Waals surface area contributed by atoms with Crippen LogP contribution in [-0.2, 0) is 11.3 Å². The number of hydrogen-bond acceptors (Lipinski definition) is 2. The van der Waals surface area contributed by atoms with Crippen LogP contribution in [0.15, 0.2) is 18.2 Å². The van der Waals surface area contributed by atoms with Crippen LogP contribution >= 0.6 is 0 Å². The van der Waals surface area contributed by atoms with Crippen molar-refractivity contribution in [3.05, 3.63) is 29.3 Å². The minimum Gasteiger partial charge on any atom is -0.497 e. The first-order valence-electron chi connectivity index (χ1n) is 5.17. The van der Waals surface area contributed by atoms with Crippen LogP contribution in [0.25, 0.3) is 0 Å². The number of hydrogen-bond donors (Lipinski definition) is 0. The van der Waals surface area contributed by atoms with Gasteiger partial charge >= 0.3 is 0 Å². The summed E-state index contributed by atoms with van der Waals surface area (Å²) in [7, 11) is 1.71. The molecule has 2 aliphatic rings. The molecule has 74 valence electrons. The summed E-state index contributed by atoms with van der Waals surface area (Å²) >= 11 is 0. The summed E-state index contributed by atoms with van der Waals surface area (Å²) < 4.78 is 11.0. The lowest BCUT2D eigenvalue weighted by Crippen LogP contribution is -1.98. The van der Waals surface area contributed by atoms with Gasteiger partial charge in [-0.3, -0.25) is 0 Å². The standard InChI is InChI=1S/C12H14O2/c1-13-10-5-4-9-7-14-12(8-2-3-8)11(9)6-10/h4-6,8,12H,2-3,7H2,1H3. The minimum atomic E-state index is 0.347. The van der Waals surface area contributed by atoms with Gasteiger partial charge in [0, 0.05) is 0 Å². The van der Waals surface area contributed by atoms with E-state index in [1.54, 1.807) is 7.11 Å². The van der Waals surface area contributed by atoms with E-state index >= 15 is 0 Å². The Kier molecular flexibility index (Phi) is 1.77. The quantitative estimate of drug-likeness (QED) is 0.713. The van der Waals surface area contributed by atoms with Crippen molar-refractivity contribution in [2.24, 2.45) is 5.92 Å². The molecule has 2 heteroatoms. The fourth-order valence-corrected chi connectivity index (χ4v) is 2.15. The summed E-state index contributed by atoms with van der Waals surface area (Å²) in [4.78, 5) is 0. The van der Waals surface area contributed by atoms with Crippen molar-refractivity contribution in [2.75, 3.05) is 7.11 Å². The molecule has 0 N–H and O–H groups in total. The van der Waals surface area contributed by atoms with Crippen molar-refractivity contribution in [3.8, 4) is 5.75 Å². The van der Waals surface area contributed by atoms with Crippen LogP contribution in [-0.4, -0.2) is 7.11 Å². The number of benzene rings is 1. The van der Waals surface area contributed by atoms with Crippen LogP contribution < -0.4 is 4.74 Å². The summed E-state index contributed by atoms with van der Waals surface area (Å²) in [6.07, 6.45) is 2.99. The molecule has 1 unspecified atom stereocenters. The van der Waals surface area contributed by atoms with Gasteiger partial charge in [-0.2, -0.15) is 0 Å². The predicted molar refractivity (Wildman–Crippen MR) is 53.2 cm³/mol. The van der Waals surface area contributed by atoms with E-state index in [1.807, 2.05) is 6.07 Å². The van der Waals surface area contributed by atoms with Crippen molar-refractivity contribution < 1.29 is 9.47 Å². The zero-order chi connectivity index (χ0) is 9.54. The van der Waals surface area contributed by atoms with Crippen molar-refractivity contribution in [1.29, 1.82) is 0 Å². The second-order valence-electron chi connectivity index (χ2n) is 4.13. The first-order chi connectivity index (χ1) is 6.88. The van der Waals surface area contributed by atoms with Gasteiger partial charge in [-0.25, -0.2) is 0 Å². The molecular formula is C12H14O2. The molecule has 0 saturated heterocycles. The Morgan fingerprint density at radius 3 is 2.93 bits per heavy atom. The Morgan fingerprint density at radius 2 is 2.21 bits per heavy atom. The Hall–Kier alpha value is -1.02. The third-order valence-corrected chi connectivity index (χ3v) is 3.13. The van der Waals surface area contributed by atoms with Crippen molar-refractivity contribution in [1.82, 2.24) is 0 Å². The van der Waals surface area contributed by atoms with Gasteiger partial charge in [0.15, 0.2) is 0 Å². The molecule has 1 saturated carbocycles. The van der Waals surface area contributed by atoms with Gasteiger partial charge in [-0.05, 0) is 42.0 Å². The molecule has 1 aliphatic carbocycles. The first-order valence-corrected chi connectivity index (χ1v) is 5.17. The fourth-order valence-electron chi connectivity index (χ4n) is 2.15. The lowest BCUT2D eigenvalue weighted by Gasteiger charge is -2.09. The highest BCUT2D eigenvalue weighted by Crippen LogP contribution is 2.48. The van der Waals surface area contributed by atoms with Gasteiger partial charge in [0.1, 0.15) is 5.75 Å². The van der Waals surface area contributed by atoms with Gasteiger partial charge in [0.25, 0.3) is 0 Å². The van der Waals surface area contributed by atoms with E-state index in [4.69, 9.17) is 9.47 Å². The van der Waals surface area contributed by atoms with Crippen LogP contribution in [0.5, 0.6) is 5.75 Å². The second-order valence-corrected chi connectivity index (χ2v) is 4.13. The van der Waals surface area contributed by atoms with Crippen molar-refractivity contribution in [3.63, 3.8) is 0 Å². The van der Waals surface area contributed by atoms with Crippen LogP contribution in [0.3, 0.4) is 0 Å². The fraction of sp³-hybridized carbons (Fsp3) is 0.500. The van der Waals surface area contributed by atoms with Crippen molar-refractivity contribution >= 4 is 0 Å². The maximum absolute atomic E-state index is 5.79. The molecule has 1 heterocycles. The molecular weight excluding hydrogens is 176 g/mol. The third-order valence-electron chi connectivity index (χ3n) is 3.13. The third kappa shape index (κ3) is 1.22. The van der Waals surface area contributed by atoms with E-state index in [1.165, 1.54) is 24.0 Å². The summed E-state index contributed by atoms with van der Waals surface area (Å²) in [5, 5.41) is 0. The largest absolute Gasteiger partial charge is 0.497 e. The van der Waals surface area contributed by atoms with E-state index in [0.29, 0.717) is 6.10 Å². The Bertz CT molecular complexity index is 355. The SMILES string of the molecule is COc1ccc2c(c1)C(C1CC1)OC2. The lowest BCUT2D eigenvalue weighted by atomic mass is 10.0. The van der Waals surface area contributed by atoms with Gasteiger partial charge in [-0.1, -0.05) is 6.07 Å². The Balaban J connectivity index is 1.98. The normalized spacial score (nSPS) is 24.8. The van der Waals surface area contributed by atoms with Gasteiger partial charge in [-0.15, -0.1) is 0 Å². The highest BCUT2D eigenvalue weighted by molar-refractivity contribution is 5.39. The van der Waals surface area contributed by atoms with Crippen LogP contribution in [0, 0.1) is 5.92 Å². The summed E-state index contributed by atoms with van der Waals surface area (Å²) in [5.74, 6) is 1.71. The molecule has 2 nitrogen and oxygen atoms in total. The molecule has 0 bridgehead atoms. The van der Waals surface area contributed by atoms with Crippen LogP contribution in [0.4, 0.5) is 0 Å². The van der Waals surface area contributed by atoms with E-state index in [0.717, 1.165) is 18.3 Å². The molecule has 0 aromatic heterocycles. The zero-order valence-corrected chi connectivity index (χ0v) is 8.32. The Labute approximate surface area is 83.8 Å². The maximum Gasteiger partial charge on any atom is 0.119 e. The molecule has 0 amide bonds. The van der Waals surface area contributed by atoms with Gasteiger partial charge in [0.2, 0.25) is 0 Å². The second kappa shape index (κ2) is 2.99. The molecule has 0 spiro atoms. The van der Waals surface area contributed by atoms with Gasteiger partial charge in [0.05, 0.1) is 19.8 Å². The molecule has 1 aliphatic heterocycles. The molecule has 1 aromatic carbocycles. The number of fused-ring (bicyclic) bond motifs is 1. The van der Waals surface area contributed by atoms with Crippen LogP contribution in [0.1, 0.15) is 30.1 Å². The summed E-state index contributed by atoms with van der Waals surface area (Å²) in [5.41, 5.74) is 2.69. The smallest absolute Gasteiger partial charge is 0.119 e. The zero-order valence-electron chi connectivity index (χ0n) is 8.32. The number of rotatable bonds is 2. The van der Waals surface area contributed by atoms with E-state index in [-0.39, 0.29) is 0 Å². The highest BCUT2D eigenvalue weighted by Gasteiger charge is 2.37. The molecule has 14 heavy (non-hydrogen) atoms. The Morgan fingerprint density at radius 1 is 1.36 bits per heavy atom. The number of methoxy groups -OCH3 is 1. The lowest BCUT2D eigenvalue weighted by molar-refractivity contribution is 0.0506. The summed E-state index contributed by atoms with van der Waals surface area (Å²) in [6.45, 7) is 0.778. The predicted octanol–water partition coefficient (Wildman–Crippen LogP) is 2.68. The molecule has 1 aromatic rings. The van der Waals surface area contributed by atoms with E-state index in [2.05, 4.69) is 12.1 Å².